The second-order valence-corrected chi connectivity index (χ2v) is 5.85. The normalized spacial score (nSPS) is 13.7. The first-order valence-corrected chi connectivity index (χ1v) is 6.06. The van der Waals surface area contributed by atoms with Crippen LogP contribution in [0.5, 0.6) is 0 Å². The van der Waals surface area contributed by atoms with Crippen LogP contribution >= 0.6 is 0 Å². The molecule has 0 spiro atoms. The fraction of sp³-hybridized carbons (Fsp3) is 0.846. The maximum atomic E-state index is 12.0. The van der Waals surface area contributed by atoms with Crippen LogP contribution in [0, 0.1) is 5.92 Å². The molecular weight excluding hydrogens is 218 g/mol. The molecule has 100 valence electrons. The fourth-order valence-corrected chi connectivity index (χ4v) is 1.54. The summed E-state index contributed by atoms with van der Waals surface area (Å²) in [6.07, 6.45) is 0.382. The third-order valence-electron chi connectivity index (χ3n) is 2.30. The van der Waals surface area contributed by atoms with Crippen LogP contribution in [-0.4, -0.2) is 35.0 Å². The highest BCUT2D eigenvalue weighted by atomic mass is 16.6. The molecule has 0 N–H and O–H groups in total. The molecule has 0 aromatic heterocycles. The number of carbonyl (C=O) groups is 2. The predicted molar refractivity (Wildman–Crippen MR) is 67.9 cm³/mol. The van der Waals surface area contributed by atoms with Crippen LogP contribution in [0.15, 0.2) is 0 Å². The van der Waals surface area contributed by atoms with Gasteiger partial charge in [-0.05, 0) is 40.5 Å². The van der Waals surface area contributed by atoms with Gasteiger partial charge in [0.15, 0.2) is 0 Å². The largest absolute Gasteiger partial charge is 0.444 e. The second-order valence-electron chi connectivity index (χ2n) is 5.85. The molecule has 0 aliphatic rings. The van der Waals surface area contributed by atoms with Crippen LogP contribution in [0.2, 0.25) is 0 Å². The Morgan fingerprint density at radius 1 is 1.18 bits per heavy atom. The van der Waals surface area contributed by atoms with E-state index in [2.05, 4.69) is 0 Å². The van der Waals surface area contributed by atoms with Gasteiger partial charge in [0.25, 0.3) is 0 Å². The topological polar surface area (TPSA) is 46.6 Å². The Morgan fingerprint density at radius 3 is 1.88 bits per heavy atom. The molecule has 0 radical (unpaired) electrons. The minimum Gasteiger partial charge on any atom is -0.444 e. The lowest BCUT2D eigenvalue weighted by Crippen LogP contribution is -2.50. The maximum Gasteiger partial charge on any atom is 0.411 e. The summed E-state index contributed by atoms with van der Waals surface area (Å²) in [4.78, 5) is 24.7. The van der Waals surface area contributed by atoms with Gasteiger partial charge >= 0.3 is 6.09 Å². The molecule has 17 heavy (non-hydrogen) atoms. The summed E-state index contributed by atoms with van der Waals surface area (Å²) in [6.45, 7) is 13.0. The molecule has 1 amide bonds. The van der Waals surface area contributed by atoms with E-state index in [-0.39, 0.29) is 12.0 Å². The van der Waals surface area contributed by atoms with E-state index in [1.54, 1.807) is 0 Å². The van der Waals surface area contributed by atoms with Crippen molar-refractivity contribution in [2.45, 2.75) is 66.2 Å². The Morgan fingerprint density at radius 2 is 1.65 bits per heavy atom. The Bertz CT molecular complexity index is 266. The van der Waals surface area contributed by atoms with Gasteiger partial charge in [-0.1, -0.05) is 13.8 Å². The maximum absolute atomic E-state index is 12.0. The molecule has 4 nitrogen and oxygen atoms in total. The molecule has 0 fully saturated rings. The van der Waals surface area contributed by atoms with Gasteiger partial charge in [0.1, 0.15) is 11.9 Å². The third-order valence-corrected chi connectivity index (χ3v) is 2.30. The molecule has 0 saturated carbocycles. The lowest BCUT2D eigenvalue weighted by molar-refractivity contribution is -0.114. The average Bonchev–Trinajstić information content (AvgIpc) is 2.08. The molecule has 0 bridgehead atoms. The smallest absolute Gasteiger partial charge is 0.411 e. The highest BCUT2D eigenvalue weighted by Gasteiger charge is 2.31. The monoisotopic (exact) mass is 243 g/mol. The number of ether oxygens (including phenoxy) is 1. The average molecular weight is 243 g/mol. The number of nitrogens with zero attached hydrogens (tertiary/aromatic N) is 1. The Labute approximate surface area is 104 Å². The molecule has 0 heterocycles. The zero-order valence-corrected chi connectivity index (χ0v) is 12.0. The van der Waals surface area contributed by atoms with Crippen LogP contribution < -0.4 is 0 Å². The van der Waals surface area contributed by atoms with E-state index in [9.17, 15) is 9.59 Å². The molecule has 1 atom stereocenters. The van der Waals surface area contributed by atoms with E-state index in [4.69, 9.17) is 4.74 Å². The van der Waals surface area contributed by atoms with Crippen molar-refractivity contribution in [3.8, 4) is 0 Å². The van der Waals surface area contributed by atoms with E-state index < -0.39 is 17.7 Å². The summed E-state index contributed by atoms with van der Waals surface area (Å²) in [5, 5.41) is 0. The number of carbonyl (C=O) groups excluding carboxylic acids is 2. The highest BCUT2D eigenvalue weighted by molar-refractivity contribution is 5.74. The summed E-state index contributed by atoms with van der Waals surface area (Å²) in [7, 11) is 0. The summed E-state index contributed by atoms with van der Waals surface area (Å²) in [5.41, 5.74) is -0.547. The van der Waals surface area contributed by atoms with Crippen molar-refractivity contribution < 1.29 is 14.3 Å². The first-order chi connectivity index (χ1) is 7.60. The SMILES string of the molecule is CC(C)C(C=O)N(C(=O)OC(C)(C)C)C(C)C. The van der Waals surface area contributed by atoms with Crippen molar-refractivity contribution >= 4 is 12.4 Å². The molecule has 0 aromatic carbocycles. The van der Waals surface area contributed by atoms with E-state index in [0.29, 0.717) is 0 Å². The van der Waals surface area contributed by atoms with Gasteiger partial charge in [0.2, 0.25) is 0 Å². The summed E-state index contributed by atoms with van der Waals surface area (Å²) in [6, 6.07) is -0.507. The molecule has 4 heteroatoms. The molecule has 0 aliphatic heterocycles. The van der Waals surface area contributed by atoms with E-state index in [1.807, 2.05) is 48.5 Å². The fourth-order valence-electron chi connectivity index (χ4n) is 1.54. The minimum atomic E-state index is -0.547. The molecule has 0 rings (SSSR count). The van der Waals surface area contributed by atoms with Crippen LogP contribution in [0.3, 0.4) is 0 Å². The van der Waals surface area contributed by atoms with Crippen molar-refractivity contribution in [3.05, 3.63) is 0 Å². The van der Waals surface area contributed by atoms with Gasteiger partial charge < -0.3 is 9.53 Å². The number of aldehydes is 1. The van der Waals surface area contributed by atoms with Crippen LogP contribution in [0.25, 0.3) is 0 Å². The molecule has 0 aliphatic carbocycles. The lowest BCUT2D eigenvalue weighted by Gasteiger charge is -2.35. The van der Waals surface area contributed by atoms with Gasteiger partial charge in [-0.15, -0.1) is 0 Å². The van der Waals surface area contributed by atoms with Gasteiger partial charge in [-0.25, -0.2) is 4.79 Å². The van der Waals surface area contributed by atoms with Crippen LogP contribution in [-0.2, 0) is 9.53 Å². The Hall–Kier alpha value is -1.06. The van der Waals surface area contributed by atoms with E-state index in [1.165, 1.54) is 4.90 Å². The molecule has 0 saturated heterocycles. The zero-order valence-electron chi connectivity index (χ0n) is 12.0. The standard InChI is InChI=1S/C13H25NO3/c1-9(2)11(8-15)14(10(3)4)12(16)17-13(5,6)7/h8-11H,1-7H3. The highest BCUT2D eigenvalue weighted by Crippen LogP contribution is 2.17. The van der Waals surface area contributed by atoms with E-state index >= 15 is 0 Å². The summed E-state index contributed by atoms with van der Waals surface area (Å²) < 4.78 is 5.32. The van der Waals surface area contributed by atoms with Gasteiger partial charge in [-0.3, -0.25) is 4.90 Å². The lowest BCUT2D eigenvalue weighted by atomic mass is 10.0. The molecular formula is C13H25NO3. The first-order valence-electron chi connectivity index (χ1n) is 6.06. The number of rotatable bonds is 4. The first kappa shape index (κ1) is 15.9. The second kappa shape index (κ2) is 6.03. The van der Waals surface area contributed by atoms with Crippen molar-refractivity contribution in [3.63, 3.8) is 0 Å². The van der Waals surface area contributed by atoms with Crippen molar-refractivity contribution in [1.82, 2.24) is 4.90 Å². The quantitative estimate of drug-likeness (QED) is 0.713. The van der Waals surface area contributed by atoms with Gasteiger partial charge in [-0.2, -0.15) is 0 Å². The zero-order chi connectivity index (χ0) is 13.8. The molecule has 0 aromatic rings. The number of hydrogen-bond acceptors (Lipinski definition) is 3. The Balaban J connectivity index is 4.97. The Kier molecular flexibility index (Phi) is 5.66. The van der Waals surface area contributed by atoms with Crippen molar-refractivity contribution in [2.75, 3.05) is 0 Å². The minimum absolute atomic E-state index is 0.0672. The number of amides is 1. The van der Waals surface area contributed by atoms with Gasteiger partial charge in [0.05, 0.1) is 6.04 Å². The third kappa shape index (κ3) is 5.20. The van der Waals surface area contributed by atoms with E-state index in [0.717, 1.165) is 6.29 Å². The predicted octanol–water partition coefficient (Wildman–Crippen LogP) is 2.86. The van der Waals surface area contributed by atoms with Crippen LogP contribution in [0.1, 0.15) is 48.5 Å². The molecule has 1 unspecified atom stereocenters. The van der Waals surface area contributed by atoms with Crippen molar-refractivity contribution in [1.29, 1.82) is 0 Å². The van der Waals surface area contributed by atoms with Gasteiger partial charge in [0, 0.05) is 6.04 Å². The van der Waals surface area contributed by atoms with Crippen LogP contribution in [0.4, 0.5) is 4.79 Å². The summed E-state index contributed by atoms with van der Waals surface area (Å²) >= 11 is 0. The van der Waals surface area contributed by atoms with Crippen molar-refractivity contribution in [2.24, 2.45) is 5.92 Å². The summed E-state index contributed by atoms with van der Waals surface area (Å²) in [5.74, 6) is 0.0717. The number of hydrogen-bond donors (Lipinski definition) is 0.